The van der Waals surface area contributed by atoms with Gasteiger partial charge < -0.3 is 4.74 Å². The molecule has 2 heterocycles. The number of nitrogens with one attached hydrogen (secondary N) is 1. The van der Waals surface area contributed by atoms with Crippen molar-refractivity contribution in [3.05, 3.63) is 57.2 Å². The van der Waals surface area contributed by atoms with E-state index in [0.29, 0.717) is 11.3 Å². The van der Waals surface area contributed by atoms with E-state index in [-0.39, 0.29) is 23.1 Å². The number of esters is 1. The van der Waals surface area contributed by atoms with Gasteiger partial charge in [-0.25, -0.2) is 22.9 Å². The maximum atomic E-state index is 12.5. The first-order chi connectivity index (χ1) is 13.3. The number of thiazole rings is 1. The van der Waals surface area contributed by atoms with E-state index in [2.05, 4.69) is 9.71 Å². The highest BCUT2D eigenvalue weighted by Crippen LogP contribution is 2.26. The zero-order chi connectivity index (χ0) is 20.3. The molecule has 0 radical (unpaired) electrons. The molecule has 1 N–H and O–H groups in total. The van der Waals surface area contributed by atoms with Crippen LogP contribution < -0.4 is 4.72 Å². The molecule has 0 aliphatic rings. The van der Waals surface area contributed by atoms with Crippen molar-refractivity contribution >= 4 is 38.7 Å². The van der Waals surface area contributed by atoms with Crippen LogP contribution in [0, 0.1) is 6.92 Å². The van der Waals surface area contributed by atoms with Crippen molar-refractivity contribution in [2.24, 2.45) is 0 Å². The maximum absolute atomic E-state index is 12.5. The number of aromatic nitrogens is 1. The topological polar surface area (TPSA) is 85.4 Å². The van der Waals surface area contributed by atoms with Crippen LogP contribution in [0.2, 0.25) is 0 Å². The molecule has 28 heavy (non-hydrogen) atoms. The summed E-state index contributed by atoms with van der Waals surface area (Å²) in [5, 5.41) is 6.71. The Bertz CT molecular complexity index is 1070. The molecular weight excluding hydrogens is 416 g/mol. The van der Waals surface area contributed by atoms with E-state index in [1.165, 1.54) is 23.5 Å². The molecule has 6 nitrogen and oxygen atoms in total. The van der Waals surface area contributed by atoms with Crippen molar-refractivity contribution in [2.75, 3.05) is 0 Å². The lowest BCUT2D eigenvalue weighted by molar-refractivity contribution is 0.0467. The predicted octanol–water partition coefficient (Wildman–Crippen LogP) is 4.22. The molecule has 148 valence electrons. The van der Waals surface area contributed by atoms with Gasteiger partial charge in [-0.05, 0) is 49.9 Å². The average molecular weight is 437 g/mol. The van der Waals surface area contributed by atoms with Crippen LogP contribution in [0.1, 0.15) is 35.5 Å². The summed E-state index contributed by atoms with van der Waals surface area (Å²) in [6.07, 6.45) is 0. The predicted molar refractivity (Wildman–Crippen MR) is 111 cm³/mol. The number of benzene rings is 1. The number of hydrogen-bond donors (Lipinski definition) is 1. The number of sulfonamides is 1. The monoisotopic (exact) mass is 436 g/mol. The molecule has 0 amide bonds. The highest BCUT2D eigenvalue weighted by molar-refractivity contribution is 7.89. The van der Waals surface area contributed by atoms with Gasteiger partial charge in [0.05, 0.1) is 16.2 Å². The normalized spacial score (nSPS) is 11.7. The molecule has 0 saturated heterocycles. The average Bonchev–Trinajstić information content (AvgIpc) is 3.30. The Kier molecular flexibility index (Phi) is 6.29. The number of ether oxygens (including phenoxy) is 1. The summed E-state index contributed by atoms with van der Waals surface area (Å²) in [5.74, 6) is -0.579. The van der Waals surface area contributed by atoms with E-state index < -0.39 is 16.0 Å². The van der Waals surface area contributed by atoms with Crippen molar-refractivity contribution in [2.45, 2.75) is 38.3 Å². The lowest BCUT2D eigenvalue weighted by atomic mass is 10.1. The molecular formula is C19H20N2O4S3. The minimum Gasteiger partial charge on any atom is -0.456 e. The summed E-state index contributed by atoms with van der Waals surface area (Å²) in [4.78, 5) is 17.0. The second-order valence-electron chi connectivity index (χ2n) is 6.48. The first-order valence-electron chi connectivity index (χ1n) is 8.53. The van der Waals surface area contributed by atoms with Crippen LogP contribution in [-0.4, -0.2) is 25.4 Å². The minimum absolute atomic E-state index is 0.0279. The molecule has 0 saturated carbocycles. The standard InChI is InChI=1S/C19H20N2O4S3/c1-12(2)21-28(23,24)16-5-4-13(3)17(8-16)19(22)25-9-15-11-27-18(20-15)14-6-7-26-10-14/h4-8,10-12,21H,9H2,1-3H3. The van der Waals surface area contributed by atoms with Gasteiger partial charge in [-0.3, -0.25) is 0 Å². The summed E-state index contributed by atoms with van der Waals surface area (Å²) in [5.41, 5.74) is 2.56. The zero-order valence-electron chi connectivity index (χ0n) is 15.6. The molecule has 9 heteroatoms. The Labute approximate surface area is 172 Å². The molecule has 0 spiro atoms. The van der Waals surface area contributed by atoms with Gasteiger partial charge >= 0.3 is 5.97 Å². The number of carbonyl (C=O) groups is 1. The lowest BCUT2D eigenvalue weighted by Gasteiger charge is -2.12. The van der Waals surface area contributed by atoms with Gasteiger partial charge in [0.1, 0.15) is 11.6 Å². The second-order valence-corrected chi connectivity index (χ2v) is 9.84. The number of carbonyl (C=O) groups excluding carboxylic acids is 1. The third-order valence-electron chi connectivity index (χ3n) is 3.80. The fraction of sp³-hybridized carbons (Fsp3) is 0.263. The van der Waals surface area contributed by atoms with Gasteiger partial charge in [-0.1, -0.05) is 6.07 Å². The van der Waals surface area contributed by atoms with Crippen LogP contribution in [-0.2, 0) is 21.4 Å². The second kappa shape index (κ2) is 8.52. The van der Waals surface area contributed by atoms with Gasteiger partial charge in [0.2, 0.25) is 10.0 Å². The molecule has 3 aromatic rings. The highest BCUT2D eigenvalue weighted by atomic mass is 32.2. The Balaban J connectivity index is 1.73. The maximum Gasteiger partial charge on any atom is 0.338 e. The molecule has 1 aromatic carbocycles. The number of nitrogens with zero attached hydrogens (tertiary/aromatic N) is 1. The van der Waals surface area contributed by atoms with E-state index in [9.17, 15) is 13.2 Å². The number of aryl methyl sites for hydroxylation is 1. The van der Waals surface area contributed by atoms with Crippen LogP contribution in [0.3, 0.4) is 0 Å². The van der Waals surface area contributed by atoms with Gasteiger partial charge in [0.25, 0.3) is 0 Å². The van der Waals surface area contributed by atoms with E-state index in [1.807, 2.05) is 22.2 Å². The van der Waals surface area contributed by atoms with Crippen LogP contribution in [0.4, 0.5) is 0 Å². The van der Waals surface area contributed by atoms with Crippen molar-refractivity contribution in [1.29, 1.82) is 0 Å². The Morgan fingerprint density at radius 1 is 1.25 bits per heavy atom. The van der Waals surface area contributed by atoms with E-state index in [1.54, 1.807) is 38.2 Å². The fourth-order valence-electron chi connectivity index (χ4n) is 2.48. The van der Waals surface area contributed by atoms with Crippen LogP contribution >= 0.6 is 22.7 Å². The Hall–Kier alpha value is -2.07. The van der Waals surface area contributed by atoms with Gasteiger partial charge in [0, 0.05) is 22.4 Å². The third-order valence-corrected chi connectivity index (χ3v) is 7.08. The number of rotatable bonds is 7. The number of thiophene rings is 1. The van der Waals surface area contributed by atoms with Gasteiger partial charge in [-0.15, -0.1) is 11.3 Å². The Morgan fingerprint density at radius 2 is 2.04 bits per heavy atom. The van der Waals surface area contributed by atoms with Crippen LogP contribution in [0.25, 0.3) is 10.6 Å². The molecule has 0 bridgehead atoms. The molecule has 2 aromatic heterocycles. The molecule has 0 fully saturated rings. The smallest absolute Gasteiger partial charge is 0.338 e. The first kappa shape index (κ1) is 20.7. The SMILES string of the molecule is Cc1ccc(S(=O)(=O)NC(C)C)cc1C(=O)OCc1csc(-c2ccsc2)n1. The first-order valence-corrected chi connectivity index (χ1v) is 11.8. The van der Waals surface area contributed by atoms with Crippen molar-refractivity contribution < 1.29 is 17.9 Å². The zero-order valence-corrected chi connectivity index (χ0v) is 18.1. The van der Waals surface area contributed by atoms with E-state index in [4.69, 9.17) is 4.74 Å². The summed E-state index contributed by atoms with van der Waals surface area (Å²) in [6.45, 7) is 5.23. The van der Waals surface area contributed by atoms with Crippen LogP contribution in [0.5, 0.6) is 0 Å². The summed E-state index contributed by atoms with van der Waals surface area (Å²) < 4.78 is 32.6. The van der Waals surface area contributed by atoms with Crippen molar-refractivity contribution in [3.8, 4) is 10.6 Å². The largest absolute Gasteiger partial charge is 0.456 e. The summed E-state index contributed by atoms with van der Waals surface area (Å²) in [6, 6.07) is 6.16. The van der Waals surface area contributed by atoms with Gasteiger partial charge in [-0.2, -0.15) is 11.3 Å². The van der Waals surface area contributed by atoms with E-state index in [0.717, 1.165) is 10.6 Å². The fourth-order valence-corrected chi connectivity index (χ4v) is 5.27. The molecule has 0 atom stereocenters. The molecule has 3 rings (SSSR count). The van der Waals surface area contributed by atoms with Crippen LogP contribution in [0.15, 0.2) is 45.3 Å². The Morgan fingerprint density at radius 3 is 2.71 bits per heavy atom. The van der Waals surface area contributed by atoms with Gasteiger partial charge in [0.15, 0.2) is 0 Å². The quantitative estimate of drug-likeness (QED) is 0.561. The third kappa shape index (κ3) is 4.85. The summed E-state index contributed by atoms with van der Waals surface area (Å²) in [7, 11) is -3.69. The minimum atomic E-state index is -3.69. The number of hydrogen-bond acceptors (Lipinski definition) is 7. The highest BCUT2D eigenvalue weighted by Gasteiger charge is 2.20. The molecule has 0 unspecified atom stereocenters. The molecule has 0 aliphatic heterocycles. The molecule has 0 aliphatic carbocycles. The van der Waals surface area contributed by atoms with Crippen molar-refractivity contribution in [3.63, 3.8) is 0 Å². The summed E-state index contributed by atoms with van der Waals surface area (Å²) >= 11 is 3.08. The lowest BCUT2D eigenvalue weighted by Crippen LogP contribution is -2.30. The van der Waals surface area contributed by atoms with Crippen molar-refractivity contribution in [1.82, 2.24) is 9.71 Å². The van der Waals surface area contributed by atoms with E-state index >= 15 is 0 Å².